The Morgan fingerprint density at radius 3 is 2.27 bits per heavy atom. The van der Waals surface area contributed by atoms with E-state index in [1.165, 1.54) is 82.3 Å². The maximum atomic E-state index is 13.0. The van der Waals surface area contributed by atoms with Gasteiger partial charge in [0.05, 0.1) is 46.5 Å². The van der Waals surface area contributed by atoms with E-state index in [4.69, 9.17) is 4.74 Å². The van der Waals surface area contributed by atoms with Gasteiger partial charge in [0.1, 0.15) is 18.9 Å². The Morgan fingerprint density at radius 1 is 0.938 bits per heavy atom. The average Bonchev–Trinajstić information content (AvgIpc) is 3.75. The van der Waals surface area contributed by atoms with E-state index in [0.717, 1.165) is 34.1 Å². The van der Waals surface area contributed by atoms with Gasteiger partial charge < -0.3 is 9.22 Å². The van der Waals surface area contributed by atoms with Gasteiger partial charge in [0.15, 0.2) is 5.82 Å². The molecule has 1 aromatic heterocycles. The zero-order valence-corrected chi connectivity index (χ0v) is 29.0. The Balaban J connectivity index is 1.28. The van der Waals surface area contributed by atoms with E-state index in [-0.39, 0.29) is 22.3 Å². The number of hydrogen-bond acceptors (Lipinski definition) is 10. The van der Waals surface area contributed by atoms with Crippen molar-refractivity contribution in [1.29, 1.82) is 0 Å². The molecule has 0 bridgehead atoms. The van der Waals surface area contributed by atoms with Crippen LogP contribution in [0.15, 0.2) is 70.2 Å². The molecule has 2 aliphatic rings. The first-order valence-electron chi connectivity index (χ1n) is 16.5. The molecule has 0 radical (unpaired) electrons. The van der Waals surface area contributed by atoms with Crippen molar-refractivity contribution in [3.05, 3.63) is 70.1 Å². The van der Waals surface area contributed by atoms with Crippen molar-refractivity contribution in [3.8, 4) is 5.75 Å². The third-order valence-electron chi connectivity index (χ3n) is 8.82. The van der Waals surface area contributed by atoms with Crippen molar-refractivity contribution in [3.63, 3.8) is 0 Å². The molecule has 0 unspecified atom stereocenters. The van der Waals surface area contributed by atoms with Crippen LogP contribution in [0.3, 0.4) is 0 Å². The van der Waals surface area contributed by atoms with Gasteiger partial charge in [0.25, 0.3) is 5.95 Å². The number of hydrogen-bond donors (Lipinski definition) is 1. The highest BCUT2D eigenvalue weighted by Gasteiger charge is 2.32. The molecule has 0 amide bonds. The molecule has 0 atom stereocenters. The lowest BCUT2D eigenvalue weighted by molar-refractivity contribution is -0.916. The van der Waals surface area contributed by atoms with Crippen LogP contribution in [0.4, 0.5) is 23.1 Å². The van der Waals surface area contributed by atoms with Crippen molar-refractivity contribution in [2.45, 2.75) is 63.8 Å². The topological polar surface area (TPSA) is 150 Å². The molecule has 1 N–H and O–H groups in total. The second-order valence-electron chi connectivity index (χ2n) is 13.7. The second-order valence-corrected chi connectivity index (χ2v) is 15.3. The number of sulfonamides is 1. The first-order chi connectivity index (χ1) is 22.9. The summed E-state index contributed by atoms with van der Waals surface area (Å²) in [6.07, 6.45) is 6.57. The summed E-state index contributed by atoms with van der Waals surface area (Å²) < 4.78 is 35.7. The standard InChI is InChI=1S/C33H46N9O5S/c1-26-25-34-32(35-31(26)40(37-43)28-10-9-11-30(24-28)48(45,46)36-33(2,3)4)41(38-44)27-12-14-29(15-13-27)47-23-22-42(19-7-8-20-42)21-18-39-16-5-6-17-39/h9-15,24-25,36H,5-8,16-23H2,1-4H3/q+1. The van der Waals surface area contributed by atoms with Crippen LogP contribution in [0.1, 0.15) is 52.0 Å². The van der Waals surface area contributed by atoms with Gasteiger partial charge in [-0.2, -0.15) is 15.0 Å². The van der Waals surface area contributed by atoms with E-state index < -0.39 is 15.6 Å². The largest absolute Gasteiger partial charge is 0.488 e. The first kappa shape index (κ1) is 35.3. The number of rotatable bonds is 15. The Bertz CT molecular complexity index is 1670. The maximum absolute atomic E-state index is 13.0. The third-order valence-corrected chi connectivity index (χ3v) is 10.6. The highest BCUT2D eigenvalue weighted by molar-refractivity contribution is 7.89. The summed E-state index contributed by atoms with van der Waals surface area (Å²) in [5.74, 6) is 0.648. The van der Waals surface area contributed by atoms with Crippen molar-refractivity contribution < 1.29 is 17.6 Å². The summed E-state index contributed by atoms with van der Waals surface area (Å²) in [5, 5.41) is 8.22. The number of nitrogens with one attached hydrogen (secondary N) is 1. The van der Waals surface area contributed by atoms with Gasteiger partial charge in [-0.05, 0) is 96.1 Å². The highest BCUT2D eigenvalue weighted by Crippen LogP contribution is 2.32. The summed E-state index contributed by atoms with van der Waals surface area (Å²) in [6, 6.07) is 12.7. The Morgan fingerprint density at radius 2 is 1.62 bits per heavy atom. The number of nitroso groups, excluding NO2 is 2. The summed E-state index contributed by atoms with van der Waals surface area (Å²) in [6.45, 7) is 15.6. The number of aryl methyl sites for hydroxylation is 1. The van der Waals surface area contributed by atoms with E-state index in [1.54, 1.807) is 52.0 Å². The summed E-state index contributed by atoms with van der Waals surface area (Å²) >= 11 is 0. The second kappa shape index (κ2) is 15.0. The van der Waals surface area contributed by atoms with Gasteiger partial charge in [-0.1, -0.05) is 6.07 Å². The smallest absolute Gasteiger partial charge is 0.255 e. The number of benzene rings is 2. The van der Waals surface area contributed by atoms with Crippen LogP contribution in [0.5, 0.6) is 5.75 Å². The molecule has 2 aromatic carbocycles. The Labute approximate surface area is 282 Å². The summed E-state index contributed by atoms with van der Waals surface area (Å²) in [4.78, 5) is 35.4. The SMILES string of the molecule is Cc1cnc(N(N=O)c2ccc(OCC[N+]3(CCN4CCCC4)CCCC3)cc2)nc1N(N=O)c1cccc(S(=O)(=O)NC(C)(C)C)c1. The minimum atomic E-state index is -3.89. The monoisotopic (exact) mass is 680 g/mol. The van der Waals surface area contributed by atoms with Gasteiger partial charge in [0.2, 0.25) is 10.0 Å². The molecular formula is C33H46N9O5S+. The van der Waals surface area contributed by atoms with Crippen LogP contribution in [0.2, 0.25) is 0 Å². The molecule has 48 heavy (non-hydrogen) atoms. The molecule has 2 saturated heterocycles. The zero-order chi connectivity index (χ0) is 34.4. The molecule has 2 aliphatic heterocycles. The average molecular weight is 681 g/mol. The third kappa shape index (κ3) is 8.69. The van der Waals surface area contributed by atoms with Crippen LogP contribution < -0.4 is 19.5 Å². The lowest BCUT2D eigenvalue weighted by Gasteiger charge is -2.35. The van der Waals surface area contributed by atoms with E-state index >= 15 is 0 Å². The van der Waals surface area contributed by atoms with Crippen molar-refractivity contribution in [2.24, 2.45) is 10.6 Å². The Hall–Kier alpha value is -4.05. The zero-order valence-electron chi connectivity index (χ0n) is 28.2. The van der Waals surface area contributed by atoms with Crippen molar-refractivity contribution in [1.82, 2.24) is 19.6 Å². The molecule has 0 aliphatic carbocycles. The quantitative estimate of drug-likeness (QED) is 0.122. The molecule has 15 heteroatoms. The number of quaternary nitrogens is 1. The predicted molar refractivity (Wildman–Crippen MR) is 186 cm³/mol. The van der Waals surface area contributed by atoms with Crippen LogP contribution in [-0.2, 0) is 10.0 Å². The van der Waals surface area contributed by atoms with Gasteiger partial charge in [0, 0.05) is 36.7 Å². The van der Waals surface area contributed by atoms with Crippen LogP contribution >= 0.6 is 0 Å². The number of likely N-dealkylation sites (tertiary alicyclic amines) is 2. The minimum Gasteiger partial charge on any atom is -0.488 e. The van der Waals surface area contributed by atoms with E-state index in [9.17, 15) is 18.2 Å². The minimum absolute atomic E-state index is 0.0477. The molecule has 0 saturated carbocycles. The highest BCUT2D eigenvalue weighted by atomic mass is 32.2. The van der Waals surface area contributed by atoms with Gasteiger partial charge >= 0.3 is 0 Å². The molecule has 2 fully saturated rings. The van der Waals surface area contributed by atoms with Gasteiger partial charge in [-0.3, -0.25) is 4.90 Å². The molecule has 258 valence electrons. The fraction of sp³-hybridized carbons (Fsp3) is 0.515. The molecular weight excluding hydrogens is 634 g/mol. The number of nitrogens with zero attached hydrogens (tertiary/aromatic N) is 8. The lowest BCUT2D eigenvalue weighted by atomic mass is 10.1. The van der Waals surface area contributed by atoms with Crippen molar-refractivity contribution >= 4 is 33.2 Å². The maximum Gasteiger partial charge on any atom is 0.255 e. The lowest BCUT2D eigenvalue weighted by Crippen LogP contribution is -2.51. The summed E-state index contributed by atoms with van der Waals surface area (Å²) in [7, 11) is -3.89. The number of ether oxygens (including phenoxy) is 1. The van der Waals surface area contributed by atoms with Crippen molar-refractivity contribution in [2.75, 3.05) is 62.4 Å². The normalized spacial score (nSPS) is 16.5. The Kier molecular flexibility index (Phi) is 11.0. The van der Waals surface area contributed by atoms with Crippen LogP contribution in [0.25, 0.3) is 0 Å². The molecule has 14 nitrogen and oxygen atoms in total. The predicted octanol–water partition coefficient (Wildman–Crippen LogP) is 5.59. The van der Waals surface area contributed by atoms with Crippen LogP contribution in [-0.4, -0.2) is 85.7 Å². The van der Waals surface area contributed by atoms with E-state index in [0.29, 0.717) is 23.6 Å². The number of anilines is 4. The molecule has 0 spiro atoms. The molecule has 3 aromatic rings. The van der Waals surface area contributed by atoms with Crippen LogP contribution in [0, 0.1) is 16.7 Å². The molecule has 5 rings (SSSR count). The van der Waals surface area contributed by atoms with E-state index in [1.807, 2.05) is 0 Å². The summed E-state index contributed by atoms with van der Waals surface area (Å²) in [5.41, 5.74) is 0.312. The fourth-order valence-corrected chi connectivity index (χ4v) is 7.82. The number of aromatic nitrogens is 2. The van der Waals surface area contributed by atoms with Gasteiger partial charge in [-0.25, -0.2) is 18.1 Å². The van der Waals surface area contributed by atoms with E-state index in [2.05, 4.69) is 30.2 Å². The fourth-order valence-electron chi connectivity index (χ4n) is 6.36. The molecule has 3 heterocycles. The first-order valence-corrected chi connectivity index (χ1v) is 18.0. The van der Waals surface area contributed by atoms with Gasteiger partial charge in [-0.15, -0.1) is 9.81 Å².